The van der Waals surface area contributed by atoms with Gasteiger partial charge in [0.1, 0.15) is 5.82 Å². The Morgan fingerprint density at radius 1 is 1.15 bits per heavy atom. The van der Waals surface area contributed by atoms with Gasteiger partial charge in [0.25, 0.3) is 5.56 Å². The normalized spacial score (nSPS) is 13.2. The molecule has 3 rings (SSSR count). The fourth-order valence-electron chi connectivity index (χ4n) is 2.79. The lowest BCUT2D eigenvalue weighted by Gasteiger charge is -2.13. The Kier molecular flexibility index (Phi) is 3.54. The van der Waals surface area contributed by atoms with Gasteiger partial charge < -0.3 is 9.88 Å². The summed E-state index contributed by atoms with van der Waals surface area (Å²) in [5.74, 6) is -0.266. The summed E-state index contributed by atoms with van der Waals surface area (Å²) >= 11 is 0. The third kappa shape index (κ3) is 2.46. The van der Waals surface area contributed by atoms with Gasteiger partial charge in [-0.1, -0.05) is 18.2 Å². The van der Waals surface area contributed by atoms with E-state index in [1.165, 1.54) is 11.6 Å². The van der Waals surface area contributed by atoms with Crippen LogP contribution in [0.4, 0.5) is 10.1 Å². The highest BCUT2D eigenvalue weighted by atomic mass is 19.1. The maximum atomic E-state index is 13.5. The van der Waals surface area contributed by atoms with E-state index >= 15 is 0 Å². The molecular weight excluding hydrogens is 255 g/mol. The highest BCUT2D eigenvalue weighted by Crippen LogP contribution is 2.19. The molecule has 0 fully saturated rings. The summed E-state index contributed by atoms with van der Waals surface area (Å²) in [7, 11) is 0. The van der Waals surface area contributed by atoms with Gasteiger partial charge in [0.2, 0.25) is 0 Å². The maximum absolute atomic E-state index is 13.5. The van der Waals surface area contributed by atoms with Crippen LogP contribution in [0.25, 0.3) is 0 Å². The Hall–Kier alpha value is -2.10. The van der Waals surface area contributed by atoms with Crippen LogP contribution in [0.3, 0.4) is 0 Å². The van der Waals surface area contributed by atoms with E-state index in [-0.39, 0.29) is 11.4 Å². The van der Waals surface area contributed by atoms with E-state index in [1.54, 1.807) is 24.3 Å². The molecule has 0 saturated carbocycles. The van der Waals surface area contributed by atoms with Gasteiger partial charge in [-0.2, -0.15) is 0 Å². The molecule has 1 N–H and O–H groups in total. The van der Waals surface area contributed by atoms with Crippen molar-refractivity contribution in [1.82, 2.24) is 4.57 Å². The highest BCUT2D eigenvalue weighted by molar-refractivity contribution is 5.44. The SMILES string of the molecule is O=c1ccc2c(n1CCNc1ccccc1F)CCC2. The minimum absolute atomic E-state index is 0.0287. The lowest BCUT2D eigenvalue weighted by molar-refractivity contribution is 0.623. The number of anilines is 1. The fourth-order valence-corrected chi connectivity index (χ4v) is 2.79. The first-order valence-electron chi connectivity index (χ1n) is 6.96. The van der Waals surface area contributed by atoms with Gasteiger partial charge >= 0.3 is 0 Å². The topological polar surface area (TPSA) is 34.0 Å². The Morgan fingerprint density at radius 2 is 2.00 bits per heavy atom. The summed E-state index contributed by atoms with van der Waals surface area (Å²) < 4.78 is 15.3. The standard InChI is InChI=1S/C16H17FN2O/c17-13-5-1-2-6-14(13)18-10-11-19-15-7-3-4-12(15)8-9-16(19)20/h1-2,5-6,8-9,18H,3-4,7,10-11H2. The van der Waals surface area contributed by atoms with Gasteiger partial charge in [-0.3, -0.25) is 4.79 Å². The predicted octanol–water partition coefficient (Wildman–Crippen LogP) is 2.59. The molecule has 0 unspecified atom stereocenters. The van der Waals surface area contributed by atoms with Crippen molar-refractivity contribution in [2.45, 2.75) is 25.8 Å². The minimum atomic E-state index is -0.266. The van der Waals surface area contributed by atoms with Crippen molar-refractivity contribution in [3.05, 3.63) is 63.8 Å². The van der Waals surface area contributed by atoms with Crippen LogP contribution in [0, 0.1) is 5.82 Å². The number of pyridine rings is 1. The molecule has 0 atom stereocenters. The molecule has 1 aromatic carbocycles. The molecular formula is C16H17FN2O. The van der Waals surface area contributed by atoms with Gasteiger partial charge in [-0.15, -0.1) is 0 Å². The highest BCUT2D eigenvalue weighted by Gasteiger charge is 2.15. The van der Waals surface area contributed by atoms with Crippen molar-refractivity contribution >= 4 is 5.69 Å². The molecule has 104 valence electrons. The summed E-state index contributed by atoms with van der Waals surface area (Å²) in [6, 6.07) is 10.1. The zero-order valence-corrected chi connectivity index (χ0v) is 11.2. The monoisotopic (exact) mass is 272 g/mol. The maximum Gasteiger partial charge on any atom is 0.250 e. The molecule has 0 amide bonds. The van der Waals surface area contributed by atoms with Gasteiger partial charge in [-0.05, 0) is 37.0 Å². The van der Waals surface area contributed by atoms with Crippen LogP contribution in [0.2, 0.25) is 0 Å². The fraction of sp³-hybridized carbons (Fsp3) is 0.312. The Bertz CT molecular complexity index is 678. The van der Waals surface area contributed by atoms with E-state index in [0.717, 1.165) is 25.0 Å². The second kappa shape index (κ2) is 5.49. The molecule has 1 aliphatic rings. The average Bonchev–Trinajstić information content (AvgIpc) is 2.92. The summed E-state index contributed by atoms with van der Waals surface area (Å²) in [5.41, 5.74) is 2.93. The largest absolute Gasteiger partial charge is 0.381 e. The molecule has 0 spiro atoms. The Labute approximate surface area is 117 Å². The van der Waals surface area contributed by atoms with Crippen LogP contribution in [0.15, 0.2) is 41.2 Å². The molecule has 1 heterocycles. The predicted molar refractivity (Wildman–Crippen MR) is 77.6 cm³/mol. The molecule has 4 heteroatoms. The van der Waals surface area contributed by atoms with E-state index in [2.05, 4.69) is 5.32 Å². The van der Waals surface area contributed by atoms with Gasteiger partial charge in [0, 0.05) is 24.8 Å². The van der Waals surface area contributed by atoms with Gasteiger partial charge in [0.05, 0.1) is 5.69 Å². The van der Waals surface area contributed by atoms with Crippen LogP contribution < -0.4 is 10.9 Å². The van der Waals surface area contributed by atoms with Crippen LogP contribution in [-0.4, -0.2) is 11.1 Å². The minimum Gasteiger partial charge on any atom is -0.381 e. The van der Waals surface area contributed by atoms with E-state index < -0.39 is 0 Å². The van der Waals surface area contributed by atoms with Crippen LogP contribution in [-0.2, 0) is 19.4 Å². The van der Waals surface area contributed by atoms with Crippen molar-refractivity contribution in [2.75, 3.05) is 11.9 Å². The van der Waals surface area contributed by atoms with Crippen molar-refractivity contribution < 1.29 is 4.39 Å². The lowest BCUT2D eigenvalue weighted by Crippen LogP contribution is -2.26. The molecule has 20 heavy (non-hydrogen) atoms. The third-order valence-electron chi connectivity index (χ3n) is 3.77. The second-order valence-electron chi connectivity index (χ2n) is 5.06. The second-order valence-corrected chi connectivity index (χ2v) is 5.06. The zero-order chi connectivity index (χ0) is 13.9. The number of hydrogen-bond donors (Lipinski definition) is 1. The van der Waals surface area contributed by atoms with E-state index in [1.807, 2.05) is 10.6 Å². The quantitative estimate of drug-likeness (QED) is 0.928. The molecule has 3 nitrogen and oxygen atoms in total. The Balaban J connectivity index is 1.72. The first-order chi connectivity index (χ1) is 9.75. The molecule has 0 radical (unpaired) electrons. The van der Waals surface area contributed by atoms with E-state index in [4.69, 9.17) is 0 Å². The van der Waals surface area contributed by atoms with Crippen LogP contribution in [0.1, 0.15) is 17.7 Å². The van der Waals surface area contributed by atoms with Crippen molar-refractivity contribution in [2.24, 2.45) is 0 Å². The summed E-state index contributed by atoms with van der Waals surface area (Å²) in [5, 5.41) is 3.05. The third-order valence-corrected chi connectivity index (χ3v) is 3.77. The zero-order valence-electron chi connectivity index (χ0n) is 11.2. The number of rotatable bonds is 4. The molecule has 2 aromatic rings. The van der Waals surface area contributed by atoms with Crippen LogP contribution >= 0.6 is 0 Å². The van der Waals surface area contributed by atoms with Crippen molar-refractivity contribution in [3.63, 3.8) is 0 Å². The van der Waals surface area contributed by atoms with Crippen molar-refractivity contribution in [1.29, 1.82) is 0 Å². The Morgan fingerprint density at radius 3 is 2.85 bits per heavy atom. The number of nitrogens with one attached hydrogen (secondary N) is 1. The lowest BCUT2D eigenvalue weighted by atomic mass is 10.2. The number of benzene rings is 1. The summed E-state index contributed by atoms with van der Waals surface area (Å²) in [6.07, 6.45) is 3.13. The van der Waals surface area contributed by atoms with Crippen molar-refractivity contribution in [3.8, 4) is 0 Å². The average molecular weight is 272 g/mol. The molecule has 1 aromatic heterocycles. The van der Waals surface area contributed by atoms with Crippen LogP contribution in [0.5, 0.6) is 0 Å². The van der Waals surface area contributed by atoms with Gasteiger partial charge in [0.15, 0.2) is 0 Å². The molecule has 0 aliphatic heterocycles. The molecule has 0 bridgehead atoms. The smallest absolute Gasteiger partial charge is 0.250 e. The summed E-state index contributed by atoms with van der Waals surface area (Å²) in [4.78, 5) is 11.9. The molecule has 1 aliphatic carbocycles. The number of aromatic nitrogens is 1. The number of hydrogen-bond acceptors (Lipinski definition) is 2. The molecule has 0 saturated heterocycles. The first-order valence-corrected chi connectivity index (χ1v) is 6.96. The number of nitrogens with zero attached hydrogens (tertiary/aromatic N) is 1. The number of halogens is 1. The van der Waals surface area contributed by atoms with E-state index in [0.29, 0.717) is 18.8 Å². The number of aryl methyl sites for hydroxylation is 1. The van der Waals surface area contributed by atoms with E-state index in [9.17, 15) is 9.18 Å². The number of para-hydroxylation sites is 1. The summed E-state index contributed by atoms with van der Waals surface area (Å²) in [6.45, 7) is 1.10. The first kappa shape index (κ1) is 12.9. The van der Waals surface area contributed by atoms with Gasteiger partial charge in [-0.25, -0.2) is 4.39 Å². The number of fused-ring (bicyclic) bond motifs is 1.